The van der Waals surface area contributed by atoms with Crippen LogP contribution in [-0.4, -0.2) is 45.0 Å². The number of hydrogen-bond acceptors (Lipinski definition) is 5. The SMILES string of the molecule is O=C(CN1CCC(n2cnc3cc(F)ccc32)CC1)Nc1nccs1. The van der Waals surface area contributed by atoms with Crippen LogP contribution in [0.2, 0.25) is 0 Å². The van der Waals surface area contributed by atoms with Gasteiger partial charge in [-0.25, -0.2) is 14.4 Å². The number of rotatable bonds is 4. The van der Waals surface area contributed by atoms with E-state index in [2.05, 4.69) is 24.8 Å². The van der Waals surface area contributed by atoms with Crippen molar-refractivity contribution < 1.29 is 9.18 Å². The number of carbonyl (C=O) groups is 1. The smallest absolute Gasteiger partial charge is 0.240 e. The van der Waals surface area contributed by atoms with Crippen LogP contribution in [0, 0.1) is 5.82 Å². The predicted molar refractivity (Wildman–Crippen MR) is 95.1 cm³/mol. The Kier molecular flexibility index (Phi) is 4.46. The number of hydrogen-bond donors (Lipinski definition) is 1. The van der Waals surface area contributed by atoms with Crippen molar-refractivity contribution in [2.24, 2.45) is 0 Å². The minimum absolute atomic E-state index is 0.0306. The van der Waals surface area contributed by atoms with Gasteiger partial charge < -0.3 is 9.88 Å². The van der Waals surface area contributed by atoms with Crippen molar-refractivity contribution in [2.45, 2.75) is 18.9 Å². The molecule has 1 fully saturated rings. The van der Waals surface area contributed by atoms with Crippen LogP contribution in [0.4, 0.5) is 9.52 Å². The Morgan fingerprint density at radius 3 is 2.92 bits per heavy atom. The van der Waals surface area contributed by atoms with Gasteiger partial charge in [-0.3, -0.25) is 9.69 Å². The van der Waals surface area contributed by atoms with Crippen molar-refractivity contribution in [3.05, 3.63) is 41.9 Å². The van der Waals surface area contributed by atoms with Gasteiger partial charge in [-0.15, -0.1) is 11.3 Å². The monoisotopic (exact) mass is 359 g/mol. The van der Waals surface area contributed by atoms with E-state index < -0.39 is 0 Å². The van der Waals surface area contributed by atoms with E-state index in [0.717, 1.165) is 31.4 Å². The van der Waals surface area contributed by atoms with E-state index >= 15 is 0 Å². The van der Waals surface area contributed by atoms with Crippen LogP contribution in [-0.2, 0) is 4.79 Å². The van der Waals surface area contributed by atoms with Gasteiger partial charge in [0.25, 0.3) is 0 Å². The molecule has 0 spiro atoms. The fourth-order valence-electron chi connectivity index (χ4n) is 3.30. The molecular formula is C17H18FN5OS. The molecule has 130 valence electrons. The highest BCUT2D eigenvalue weighted by Gasteiger charge is 2.23. The summed E-state index contributed by atoms with van der Waals surface area (Å²) in [6.45, 7) is 2.07. The molecule has 0 radical (unpaired) electrons. The topological polar surface area (TPSA) is 63.1 Å². The number of nitrogens with zero attached hydrogens (tertiary/aromatic N) is 4. The van der Waals surface area contributed by atoms with E-state index in [1.165, 1.54) is 23.5 Å². The molecule has 3 heterocycles. The van der Waals surface area contributed by atoms with Crippen LogP contribution >= 0.6 is 11.3 Å². The molecule has 1 aliphatic rings. The van der Waals surface area contributed by atoms with Gasteiger partial charge in [-0.2, -0.15) is 0 Å². The second-order valence-electron chi connectivity index (χ2n) is 6.18. The minimum atomic E-state index is -0.265. The fraction of sp³-hybridized carbons (Fsp3) is 0.353. The quantitative estimate of drug-likeness (QED) is 0.778. The summed E-state index contributed by atoms with van der Waals surface area (Å²) in [6, 6.07) is 5.04. The molecule has 1 saturated heterocycles. The second-order valence-corrected chi connectivity index (χ2v) is 7.07. The third-order valence-electron chi connectivity index (χ3n) is 4.53. The van der Waals surface area contributed by atoms with Gasteiger partial charge in [-0.05, 0) is 25.0 Å². The molecule has 2 aromatic heterocycles. The number of halogens is 1. The number of fused-ring (bicyclic) bond motifs is 1. The van der Waals surface area contributed by atoms with E-state index in [9.17, 15) is 9.18 Å². The van der Waals surface area contributed by atoms with E-state index in [-0.39, 0.29) is 11.7 Å². The Morgan fingerprint density at radius 1 is 1.32 bits per heavy atom. The van der Waals surface area contributed by atoms with E-state index in [1.54, 1.807) is 18.6 Å². The van der Waals surface area contributed by atoms with Gasteiger partial charge in [-0.1, -0.05) is 0 Å². The van der Waals surface area contributed by atoms with Crippen molar-refractivity contribution in [1.82, 2.24) is 19.4 Å². The second kappa shape index (κ2) is 6.89. The lowest BCUT2D eigenvalue weighted by Gasteiger charge is -2.32. The van der Waals surface area contributed by atoms with Crippen molar-refractivity contribution in [3.63, 3.8) is 0 Å². The van der Waals surface area contributed by atoms with Crippen LogP contribution in [0.3, 0.4) is 0 Å². The van der Waals surface area contributed by atoms with E-state index in [4.69, 9.17) is 0 Å². The number of benzene rings is 1. The van der Waals surface area contributed by atoms with Crippen LogP contribution in [0.1, 0.15) is 18.9 Å². The third kappa shape index (κ3) is 3.54. The normalized spacial score (nSPS) is 16.4. The number of piperidine rings is 1. The molecular weight excluding hydrogens is 341 g/mol. The lowest BCUT2D eigenvalue weighted by Crippen LogP contribution is -2.39. The van der Waals surface area contributed by atoms with Gasteiger partial charge in [0.15, 0.2) is 5.13 Å². The van der Waals surface area contributed by atoms with Crippen molar-refractivity contribution in [2.75, 3.05) is 25.0 Å². The number of likely N-dealkylation sites (tertiary alicyclic amines) is 1. The maximum atomic E-state index is 13.3. The summed E-state index contributed by atoms with van der Waals surface area (Å²) in [5, 5.41) is 5.29. The molecule has 1 aromatic carbocycles. The summed E-state index contributed by atoms with van der Waals surface area (Å²) in [5.41, 5.74) is 1.65. The molecule has 8 heteroatoms. The Hall–Kier alpha value is -2.32. The van der Waals surface area contributed by atoms with Gasteiger partial charge in [0.1, 0.15) is 5.82 Å². The zero-order chi connectivity index (χ0) is 17.2. The molecule has 0 unspecified atom stereocenters. The summed E-state index contributed by atoms with van der Waals surface area (Å²) in [5.74, 6) is -0.296. The molecule has 3 aromatic rings. The summed E-state index contributed by atoms with van der Waals surface area (Å²) in [7, 11) is 0. The number of amides is 1. The number of nitrogens with one attached hydrogen (secondary N) is 1. The highest BCUT2D eigenvalue weighted by Crippen LogP contribution is 2.26. The number of aromatic nitrogens is 3. The average Bonchev–Trinajstić information content (AvgIpc) is 3.24. The van der Waals surface area contributed by atoms with Gasteiger partial charge >= 0.3 is 0 Å². The predicted octanol–water partition coefficient (Wildman–Crippen LogP) is 2.91. The lowest BCUT2D eigenvalue weighted by atomic mass is 10.0. The first-order valence-corrected chi connectivity index (χ1v) is 9.11. The number of imidazole rings is 1. The van der Waals surface area contributed by atoms with Crippen LogP contribution < -0.4 is 5.32 Å². The molecule has 25 heavy (non-hydrogen) atoms. The van der Waals surface area contributed by atoms with Crippen molar-refractivity contribution in [3.8, 4) is 0 Å². The van der Waals surface area contributed by atoms with Crippen LogP contribution in [0.25, 0.3) is 11.0 Å². The fourth-order valence-corrected chi connectivity index (χ4v) is 3.84. The standard InChI is InChI=1S/C17H18FN5OS/c18-12-1-2-15-14(9-12)20-11-23(15)13-3-6-22(7-4-13)10-16(24)21-17-19-5-8-25-17/h1-2,5,8-9,11,13H,3-4,6-7,10H2,(H,19,21,24). The van der Waals surface area contributed by atoms with Crippen molar-refractivity contribution >= 4 is 33.4 Å². The molecule has 1 aliphatic heterocycles. The molecule has 0 aliphatic carbocycles. The maximum Gasteiger partial charge on any atom is 0.240 e. The Bertz CT molecular complexity index is 870. The number of carbonyl (C=O) groups excluding carboxylic acids is 1. The van der Waals surface area contributed by atoms with Crippen molar-refractivity contribution in [1.29, 1.82) is 0 Å². The Morgan fingerprint density at radius 2 is 2.16 bits per heavy atom. The van der Waals surface area contributed by atoms with Crippen LogP contribution in [0.5, 0.6) is 0 Å². The third-order valence-corrected chi connectivity index (χ3v) is 5.22. The Labute approximate surface area is 148 Å². The number of thiazole rings is 1. The van der Waals surface area contributed by atoms with Gasteiger partial charge in [0.05, 0.1) is 23.9 Å². The molecule has 0 bridgehead atoms. The first kappa shape index (κ1) is 16.2. The average molecular weight is 359 g/mol. The first-order valence-electron chi connectivity index (χ1n) is 8.23. The summed E-state index contributed by atoms with van der Waals surface area (Å²) in [4.78, 5) is 22.6. The molecule has 0 saturated carbocycles. The Balaban J connectivity index is 1.35. The molecule has 1 N–H and O–H groups in total. The lowest BCUT2D eigenvalue weighted by molar-refractivity contribution is -0.117. The molecule has 4 rings (SSSR count). The van der Waals surface area contributed by atoms with Gasteiger partial charge in [0.2, 0.25) is 5.91 Å². The summed E-state index contributed by atoms with van der Waals surface area (Å²) in [6.07, 6.45) is 5.34. The largest absolute Gasteiger partial charge is 0.327 e. The zero-order valence-electron chi connectivity index (χ0n) is 13.6. The van der Waals surface area contributed by atoms with Gasteiger partial charge in [0, 0.05) is 36.8 Å². The maximum absolute atomic E-state index is 13.3. The van der Waals surface area contributed by atoms with Crippen LogP contribution in [0.15, 0.2) is 36.1 Å². The van der Waals surface area contributed by atoms with E-state index in [1.807, 2.05) is 5.38 Å². The summed E-state index contributed by atoms with van der Waals surface area (Å²) >= 11 is 1.42. The summed E-state index contributed by atoms with van der Waals surface area (Å²) < 4.78 is 15.4. The zero-order valence-corrected chi connectivity index (χ0v) is 14.4. The van der Waals surface area contributed by atoms with E-state index in [0.29, 0.717) is 23.2 Å². The molecule has 1 amide bonds. The molecule has 6 nitrogen and oxygen atoms in total. The highest BCUT2D eigenvalue weighted by molar-refractivity contribution is 7.13. The highest BCUT2D eigenvalue weighted by atomic mass is 32.1. The molecule has 0 atom stereocenters. The minimum Gasteiger partial charge on any atom is -0.327 e. The number of anilines is 1. The first-order chi connectivity index (χ1) is 12.2.